The van der Waals surface area contributed by atoms with Gasteiger partial charge in [-0.2, -0.15) is 46.0 Å². The second-order valence-electron chi connectivity index (χ2n) is 2.82. The molecule has 19 heavy (non-hydrogen) atoms. The number of nitrogens with zero attached hydrogens (tertiary/aromatic N) is 7. The van der Waals surface area contributed by atoms with Crippen molar-refractivity contribution in [3.63, 3.8) is 0 Å². The molecule has 1 rings (SSSR count). The van der Waals surface area contributed by atoms with Gasteiger partial charge in [-0.05, 0) is 6.92 Å². The number of hydrogen-bond donors (Lipinski definition) is 0. The summed E-state index contributed by atoms with van der Waals surface area (Å²) in [6.07, 6.45) is 0. The molecule has 0 atom stereocenters. The summed E-state index contributed by atoms with van der Waals surface area (Å²) in [6.45, 7) is 10.6. The van der Waals surface area contributed by atoms with Crippen LogP contribution in [0.2, 0.25) is 0 Å². The molecule has 0 bridgehead atoms. The Morgan fingerprint density at radius 1 is 0.895 bits per heavy atom. The Hall–Kier alpha value is -0.336. The zero-order valence-electron chi connectivity index (χ0n) is 13.3. The number of aryl methyl sites for hydroxylation is 1. The summed E-state index contributed by atoms with van der Waals surface area (Å²) in [4.78, 5) is 0. The molecule has 0 fully saturated rings. The average Bonchev–Trinajstić information content (AvgIpc) is 2.90. The summed E-state index contributed by atoms with van der Waals surface area (Å²) in [6, 6.07) is 0. The smallest absolute Gasteiger partial charge is 0.665 e. The largest absolute Gasteiger partial charge is 4.00 e. The maximum Gasteiger partial charge on any atom is 4.00 e. The summed E-state index contributed by atoms with van der Waals surface area (Å²) >= 11 is 0. The molecule has 7 nitrogen and oxygen atoms in total. The van der Waals surface area contributed by atoms with E-state index in [1.807, 2.05) is 20.8 Å². The summed E-state index contributed by atoms with van der Waals surface area (Å²) in [5.41, 5.74) is 0. The van der Waals surface area contributed by atoms with Crippen molar-refractivity contribution in [2.75, 3.05) is 40.8 Å². The third kappa shape index (κ3) is 46.4. The minimum atomic E-state index is 0. The topological polar surface area (TPSA) is 95.1 Å². The zero-order chi connectivity index (χ0) is 14.6. The van der Waals surface area contributed by atoms with Gasteiger partial charge < -0.3 is 21.0 Å². The molecule has 0 radical (unpaired) electrons. The first kappa shape index (κ1) is 27.1. The summed E-state index contributed by atoms with van der Waals surface area (Å²) < 4.78 is 0. The van der Waals surface area contributed by atoms with E-state index in [2.05, 4.69) is 36.6 Å². The van der Waals surface area contributed by atoms with Crippen LogP contribution in [0.15, 0.2) is 0 Å². The molecule has 1 aromatic rings. The molecule has 1 aromatic heterocycles. The maximum absolute atomic E-state index is 3.74. The summed E-state index contributed by atoms with van der Waals surface area (Å²) in [5.74, 6) is 0.620. The average molecular weight is 305 g/mol. The molecule has 0 aliphatic rings. The SMILES string of the molecule is CC[N-]C.CC[N-]C.CC[N-]C.Cc1nnn[n-]1.[Ti+4]. The summed E-state index contributed by atoms with van der Waals surface area (Å²) in [7, 11) is 5.42. The molecule has 0 saturated heterocycles. The molecule has 0 aliphatic carbocycles. The van der Waals surface area contributed by atoms with Crippen LogP contribution in [0, 0.1) is 6.92 Å². The second-order valence-corrected chi connectivity index (χ2v) is 2.82. The number of aromatic nitrogens is 4. The van der Waals surface area contributed by atoms with Crippen LogP contribution < -0.4 is 5.10 Å². The Labute approximate surface area is 133 Å². The van der Waals surface area contributed by atoms with Gasteiger partial charge in [0.2, 0.25) is 0 Å². The summed E-state index contributed by atoms with van der Waals surface area (Å²) in [5, 5.41) is 24.5. The third-order valence-corrected chi connectivity index (χ3v) is 1.37. The minimum Gasteiger partial charge on any atom is -0.665 e. The van der Waals surface area contributed by atoms with Crippen molar-refractivity contribution in [1.29, 1.82) is 0 Å². The molecule has 0 spiro atoms. The third-order valence-electron chi connectivity index (χ3n) is 1.37. The Balaban J connectivity index is -0.0000000796. The Kier molecular flexibility index (Phi) is 43.6. The molecule has 1 heterocycles. The van der Waals surface area contributed by atoms with Gasteiger partial charge in [-0.25, -0.2) is 0 Å². The normalized spacial score (nSPS) is 7.53. The van der Waals surface area contributed by atoms with Crippen LogP contribution in [0.3, 0.4) is 0 Å². The van der Waals surface area contributed by atoms with Crippen molar-refractivity contribution in [1.82, 2.24) is 20.6 Å². The minimum absolute atomic E-state index is 0. The van der Waals surface area contributed by atoms with Gasteiger partial charge >= 0.3 is 21.7 Å². The monoisotopic (exact) mass is 305 g/mol. The fraction of sp³-hybridized carbons (Fsp3) is 0.909. The molecule has 110 valence electrons. The fourth-order valence-electron chi connectivity index (χ4n) is 0.189. The van der Waals surface area contributed by atoms with E-state index >= 15 is 0 Å². The molecule has 0 unspecified atom stereocenters. The molecule has 0 aliphatic heterocycles. The van der Waals surface area contributed by atoms with Crippen LogP contribution in [0.4, 0.5) is 0 Å². The van der Waals surface area contributed by atoms with Crippen LogP contribution in [0.25, 0.3) is 16.0 Å². The predicted molar refractivity (Wildman–Crippen MR) is 77.4 cm³/mol. The van der Waals surface area contributed by atoms with Crippen molar-refractivity contribution in [2.45, 2.75) is 27.7 Å². The van der Waals surface area contributed by atoms with E-state index in [1.165, 1.54) is 0 Å². The molecular weight excluding hydrogens is 278 g/mol. The van der Waals surface area contributed by atoms with Crippen LogP contribution >= 0.6 is 0 Å². The maximum atomic E-state index is 3.74. The molecule has 0 saturated carbocycles. The first-order valence-corrected chi connectivity index (χ1v) is 5.96. The molecular formula is C11H27N7Ti. The van der Waals surface area contributed by atoms with Gasteiger partial charge in [0.05, 0.1) is 0 Å². The molecule has 0 amide bonds. The van der Waals surface area contributed by atoms with Crippen molar-refractivity contribution in [2.24, 2.45) is 0 Å². The Bertz CT molecular complexity index is 179. The van der Waals surface area contributed by atoms with Crippen molar-refractivity contribution in [3.8, 4) is 0 Å². The van der Waals surface area contributed by atoms with Crippen molar-refractivity contribution in [3.05, 3.63) is 21.8 Å². The van der Waals surface area contributed by atoms with E-state index in [-0.39, 0.29) is 21.7 Å². The van der Waals surface area contributed by atoms with Crippen LogP contribution in [0.1, 0.15) is 26.6 Å². The van der Waals surface area contributed by atoms with Crippen molar-refractivity contribution >= 4 is 0 Å². The van der Waals surface area contributed by atoms with E-state index in [9.17, 15) is 0 Å². The molecule has 0 aromatic carbocycles. The van der Waals surface area contributed by atoms with Crippen LogP contribution in [0.5, 0.6) is 0 Å². The number of hydrogen-bond acceptors (Lipinski definition) is 3. The quantitative estimate of drug-likeness (QED) is 0.799. The fourth-order valence-corrected chi connectivity index (χ4v) is 0.189. The van der Waals surface area contributed by atoms with E-state index in [1.54, 1.807) is 28.1 Å². The first-order chi connectivity index (χ1) is 8.64. The van der Waals surface area contributed by atoms with Gasteiger partial charge in [0, 0.05) is 5.82 Å². The first-order valence-electron chi connectivity index (χ1n) is 5.96. The predicted octanol–water partition coefficient (Wildman–Crippen LogP) is 2.16. The van der Waals surface area contributed by atoms with Gasteiger partial charge in [-0.15, -0.1) is 0 Å². The van der Waals surface area contributed by atoms with Crippen molar-refractivity contribution < 1.29 is 21.7 Å². The van der Waals surface area contributed by atoms with Gasteiger partial charge in [-0.3, -0.25) is 10.3 Å². The van der Waals surface area contributed by atoms with E-state index in [4.69, 9.17) is 0 Å². The van der Waals surface area contributed by atoms with Crippen LogP contribution in [-0.4, -0.2) is 56.3 Å². The van der Waals surface area contributed by atoms with Gasteiger partial charge in [0.15, 0.2) is 0 Å². The van der Waals surface area contributed by atoms with Gasteiger partial charge in [0.1, 0.15) is 0 Å². The Morgan fingerprint density at radius 2 is 1.21 bits per heavy atom. The Morgan fingerprint density at radius 3 is 1.26 bits per heavy atom. The van der Waals surface area contributed by atoms with E-state index in [0.29, 0.717) is 5.82 Å². The van der Waals surface area contributed by atoms with Gasteiger partial charge in [0.25, 0.3) is 0 Å². The van der Waals surface area contributed by atoms with E-state index < -0.39 is 0 Å². The standard InChI is InChI=1S/3C3H8N.C2H3N4.Ti/c3*1-3-4-2;1-2-3-5-6-4-2;/h3*3H2,1-2H3;1H3;/q4*-1;+4. The second kappa shape index (κ2) is 30.6. The number of tetrazole rings is 1. The molecule has 0 N–H and O–H groups in total. The van der Waals surface area contributed by atoms with Crippen LogP contribution in [-0.2, 0) is 21.7 Å². The molecule has 8 heteroatoms. The van der Waals surface area contributed by atoms with Gasteiger partial charge in [-0.1, -0.05) is 20.8 Å². The number of rotatable bonds is 3. The van der Waals surface area contributed by atoms with E-state index in [0.717, 1.165) is 19.6 Å². The zero-order valence-corrected chi connectivity index (χ0v) is 14.8.